The number of nitrogens with zero attached hydrogens (tertiary/aromatic N) is 1. The molecule has 4 nitrogen and oxygen atoms in total. The zero-order chi connectivity index (χ0) is 12.1. The highest BCUT2D eigenvalue weighted by molar-refractivity contribution is 5.80. The highest BCUT2D eigenvalue weighted by atomic mass is 16.6. The molecule has 0 aliphatic heterocycles. The van der Waals surface area contributed by atoms with Gasteiger partial charge < -0.3 is 9.64 Å². The van der Waals surface area contributed by atoms with E-state index in [2.05, 4.69) is 5.92 Å². The third-order valence-electron chi connectivity index (χ3n) is 1.47. The summed E-state index contributed by atoms with van der Waals surface area (Å²) in [5.74, 6) is 1.63. The first-order valence-corrected chi connectivity index (χ1v) is 4.67. The molecule has 4 heteroatoms. The minimum Gasteiger partial charge on any atom is -0.459 e. The summed E-state index contributed by atoms with van der Waals surface area (Å²) in [6, 6.07) is 0. The lowest BCUT2D eigenvalue weighted by atomic mass is 10.2. The van der Waals surface area contributed by atoms with E-state index in [1.165, 1.54) is 11.8 Å². The minimum absolute atomic E-state index is 0.100. The molecule has 0 aliphatic carbocycles. The molecule has 0 atom stereocenters. The van der Waals surface area contributed by atoms with E-state index in [4.69, 9.17) is 11.2 Å². The van der Waals surface area contributed by atoms with E-state index in [1.54, 1.807) is 20.8 Å². The van der Waals surface area contributed by atoms with E-state index in [-0.39, 0.29) is 19.0 Å². The van der Waals surface area contributed by atoms with Crippen LogP contribution in [-0.4, -0.2) is 35.5 Å². The number of carbonyl (C=O) groups excluding carboxylic acids is 2. The lowest BCUT2D eigenvalue weighted by Gasteiger charge is -2.23. The second kappa shape index (κ2) is 5.40. The minimum atomic E-state index is -0.546. The van der Waals surface area contributed by atoms with Crippen LogP contribution in [0, 0.1) is 12.3 Å². The highest BCUT2D eigenvalue weighted by Gasteiger charge is 2.19. The quantitative estimate of drug-likeness (QED) is 0.512. The van der Waals surface area contributed by atoms with Crippen LogP contribution < -0.4 is 0 Å². The average Bonchev–Trinajstić information content (AvgIpc) is 1.99. The Bertz CT molecular complexity index is 283. The highest BCUT2D eigenvalue weighted by Crippen LogP contribution is 2.07. The topological polar surface area (TPSA) is 46.6 Å². The van der Waals surface area contributed by atoms with Crippen molar-refractivity contribution in [3.8, 4) is 12.3 Å². The van der Waals surface area contributed by atoms with E-state index in [0.29, 0.717) is 0 Å². The fourth-order valence-corrected chi connectivity index (χ4v) is 0.918. The molecule has 0 radical (unpaired) electrons. The Balaban J connectivity index is 4.25. The maximum absolute atomic E-state index is 11.4. The molecular weight excluding hydrogens is 194 g/mol. The van der Waals surface area contributed by atoms with Gasteiger partial charge >= 0.3 is 5.97 Å². The molecule has 15 heavy (non-hydrogen) atoms. The summed E-state index contributed by atoms with van der Waals surface area (Å²) in [5, 5.41) is 0. The summed E-state index contributed by atoms with van der Waals surface area (Å²) < 4.78 is 5.06. The first-order valence-electron chi connectivity index (χ1n) is 4.67. The molecule has 0 aromatic rings. The van der Waals surface area contributed by atoms with Crippen molar-refractivity contribution in [3.63, 3.8) is 0 Å². The van der Waals surface area contributed by atoms with E-state index >= 15 is 0 Å². The maximum atomic E-state index is 11.4. The van der Waals surface area contributed by atoms with Crippen molar-refractivity contribution in [2.45, 2.75) is 33.3 Å². The van der Waals surface area contributed by atoms with Crippen LogP contribution in [0.1, 0.15) is 27.7 Å². The van der Waals surface area contributed by atoms with Crippen LogP contribution in [0.5, 0.6) is 0 Å². The molecule has 0 unspecified atom stereocenters. The smallest absolute Gasteiger partial charge is 0.326 e. The van der Waals surface area contributed by atoms with Crippen molar-refractivity contribution in [3.05, 3.63) is 0 Å². The van der Waals surface area contributed by atoms with Crippen molar-refractivity contribution < 1.29 is 14.3 Å². The Morgan fingerprint density at radius 2 is 1.93 bits per heavy atom. The lowest BCUT2D eigenvalue weighted by molar-refractivity contribution is -0.158. The zero-order valence-electron chi connectivity index (χ0n) is 9.66. The van der Waals surface area contributed by atoms with Crippen LogP contribution in [0.25, 0.3) is 0 Å². The van der Waals surface area contributed by atoms with Crippen LogP contribution >= 0.6 is 0 Å². The first kappa shape index (κ1) is 13.5. The largest absolute Gasteiger partial charge is 0.459 e. The van der Waals surface area contributed by atoms with Crippen LogP contribution in [-0.2, 0) is 14.3 Å². The van der Waals surface area contributed by atoms with Gasteiger partial charge in [0.15, 0.2) is 0 Å². The molecule has 0 spiro atoms. The Labute approximate surface area is 90.6 Å². The fraction of sp³-hybridized carbons (Fsp3) is 0.636. The molecule has 0 saturated heterocycles. The second-order valence-corrected chi connectivity index (χ2v) is 4.17. The SMILES string of the molecule is C#CCN(CC(=O)OC(C)(C)C)C(C)=O. The summed E-state index contributed by atoms with van der Waals surface area (Å²) in [6.45, 7) is 6.69. The molecule has 0 aromatic heterocycles. The Kier molecular flexibility index (Phi) is 4.86. The number of terminal acetylenes is 1. The molecule has 0 bridgehead atoms. The second-order valence-electron chi connectivity index (χ2n) is 4.17. The number of hydrogen-bond acceptors (Lipinski definition) is 3. The van der Waals surface area contributed by atoms with Gasteiger partial charge in [0.1, 0.15) is 12.1 Å². The summed E-state index contributed by atoms with van der Waals surface area (Å²) in [4.78, 5) is 23.7. The average molecular weight is 211 g/mol. The van der Waals surface area contributed by atoms with E-state index < -0.39 is 11.6 Å². The summed E-state index contributed by atoms with van der Waals surface area (Å²) >= 11 is 0. The number of amides is 1. The van der Waals surface area contributed by atoms with Crippen molar-refractivity contribution in [2.75, 3.05) is 13.1 Å². The fourth-order valence-electron chi connectivity index (χ4n) is 0.918. The Morgan fingerprint density at radius 1 is 1.40 bits per heavy atom. The molecule has 0 aliphatic rings. The molecule has 0 rings (SSSR count). The van der Waals surface area contributed by atoms with Crippen molar-refractivity contribution in [1.82, 2.24) is 4.90 Å². The number of ether oxygens (including phenoxy) is 1. The van der Waals surface area contributed by atoms with Gasteiger partial charge in [-0.25, -0.2) is 0 Å². The van der Waals surface area contributed by atoms with E-state index in [0.717, 1.165) is 0 Å². The third-order valence-corrected chi connectivity index (χ3v) is 1.47. The monoisotopic (exact) mass is 211 g/mol. The zero-order valence-corrected chi connectivity index (χ0v) is 9.66. The summed E-state index contributed by atoms with van der Waals surface area (Å²) in [6.07, 6.45) is 5.07. The van der Waals surface area contributed by atoms with Gasteiger partial charge in [-0.3, -0.25) is 9.59 Å². The standard InChI is InChI=1S/C11H17NO3/c1-6-7-12(9(2)13)8-10(14)15-11(3,4)5/h1H,7-8H2,2-5H3. The van der Waals surface area contributed by atoms with Gasteiger partial charge in [0.2, 0.25) is 5.91 Å². The lowest BCUT2D eigenvalue weighted by Crippen LogP contribution is -2.37. The molecule has 0 heterocycles. The molecule has 0 saturated carbocycles. The van der Waals surface area contributed by atoms with Gasteiger partial charge in [-0.1, -0.05) is 5.92 Å². The number of hydrogen-bond donors (Lipinski definition) is 0. The van der Waals surface area contributed by atoms with Crippen molar-refractivity contribution in [2.24, 2.45) is 0 Å². The van der Waals surface area contributed by atoms with Crippen LogP contribution in [0.4, 0.5) is 0 Å². The molecule has 0 aromatic carbocycles. The predicted molar refractivity (Wildman–Crippen MR) is 56.9 cm³/mol. The van der Waals surface area contributed by atoms with Gasteiger partial charge in [0.25, 0.3) is 0 Å². The van der Waals surface area contributed by atoms with E-state index in [9.17, 15) is 9.59 Å². The molecule has 1 amide bonds. The van der Waals surface area contributed by atoms with Crippen LogP contribution in [0.2, 0.25) is 0 Å². The van der Waals surface area contributed by atoms with Crippen LogP contribution in [0.3, 0.4) is 0 Å². The number of carbonyl (C=O) groups is 2. The van der Waals surface area contributed by atoms with Crippen molar-refractivity contribution in [1.29, 1.82) is 0 Å². The number of esters is 1. The molecule has 84 valence electrons. The van der Waals surface area contributed by atoms with Crippen molar-refractivity contribution >= 4 is 11.9 Å². The van der Waals surface area contributed by atoms with Gasteiger partial charge in [-0.2, -0.15) is 0 Å². The van der Waals surface area contributed by atoms with Gasteiger partial charge in [0.05, 0.1) is 6.54 Å². The van der Waals surface area contributed by atoms with Gasteiger partial charge in [-0.15, -0.1) is 6.42 Å². The number of rotatable bonds is 3. The predicted octanol–water partition coefficient (Wildman–Crippen LogP) is 0.810. The first-order chi connectivity index (χ1) is 6.76. The maximum Gasteiger partial charge on any atom is 0.326 e. The molecule has 0 fully saturated rings. The molecule has 0 N–H and O–H groups in total. The van der Waals surface area contributed by atoms with Gasteiger partial charge in [0, 0.05) is 6.92 Å². The van der Waals surface area contributed by atoms with E-state index in [1.807, 2.05) is 0 Å². The normalized spacial score (nSPS) is 10.3. The Morgan fingerprint density at radius 3 is 2.27 bits per heavy atom. The summed E-state index contributed by atoms with van der Waals surface area (Å²) in [7, 11) is 0. The van der Waals surface area contributed by atoms with Crippen LogP contribution in [0.15, 0.2) is 0 Å². The molecular formula is C11H17NO3. The third kappa shape index (κ3) is 6.55. The summed E-state index contributed by atoms with van der Waals surface area (Å²) in [5.41, 5.74) is -0.546. The van der Waals surface area contributed by atoms with Gasteiger partial charge in [-0.05, 0) is 20.8 Å². The Hall–Kier alpha value is -1.50.